The highest BCUT2D eigenvalue weighted by Gasteiger charge is 2.48. The van der Waals surface area contributed by atoms with Crippen molar-refractivity contribution in [1.82, 2.24) is 20.4 Å². The van der Waals surface area contributed by atoms with E-state index in [2.05, 4.69) is 27.6 Å². The van der Waals surface area contributed by atoms with E-state index in [4.69, 9.17) is 4.74 Å². The largest absolute Gasteiger partial charge is 0.497 e. The Hall–Kier alpha value is -4.52. The number of carbonyl (C=O) groups is 3. The van der Waals surface area contributed by atoms with Crippen LogP contribution in [0.1, 0.15) is 40.4 Å². The molecule has 2 aliphatic heterocycles. The molecule has 4 amide bonds. The summed E-state index contributed by atoms with van der Waals surface area (Å²) < 4.78 is 5.21. The fraction of sp³-hybridized carbons (Fsp3) is 0.308. The van der Waals surface area contributed by atoms with Crippen LogP contribution < -0.4 is 15.4 Å². The van der Waals surface area contributed by atoms with Gasteiger partial charge in [-0.05, 0) is 48.4 Å². The van der Waals surface area contributed by atoms with Crippen molar-refractivity contribution >= 4 is 23.7 Å². The monoisotopic (exact) mass is 489 g/mol. The molecule has 2 aromatic rings. The molecule has 10 heteroatoms. The minimum Gasteiger partial charge on any atom is -0.497 e. The molecule has 2 aromatic carbocycles. The first-order valence-electron chi connectivity index (χ1n) is 11.5. The first kappa shape index (κ1) is 24.6. The van der Waals surface area contributed by atoms with Crippen molar-refractivity contribution in [3.8, 4) is 17.6 Å². The van der Waals surface area contributed by atoms with Crippen molar-refractivity contribution < 1.29 is 24.3 Å². The van der Waals surface area contributed by atoms with E-state index in [0.717, 1.165) is 18.5 Å². The Bertz CT molecular complexity index is 1290. The summed E-state index contributed by atoms with van der Waals surface area (Å²) in [5, 5.41) is 17.7. The molecule has 10 nitrogen and oxygen atoms in total. The average molecular weight is 490 g/mol. The number of fused-ring (bicyclic) bond motifs is 1. The molecule has 0 saturated carbocycles. The van der Waals surface area contributed by atoms with Gasteiger partial charge in [0.05, 0.1) is 13.7 Å². The van der Waals surface area contributed by atoms with Gasteiger partial charge in [0.2, 0.25) is 5.54 Å². The number of amides is 4. The number of oxime groups is 1. The number of hydrogen-bond acceptors (Lipinski definition) is 6. The predicted octanol–water partition coefficient (Wildman–Crippen LogP) is 1.76. The van der Waals surface area contributed by atoms with Crippen molar-refractivity contribution in [3.63, 3.8) is 0 Å². The first-order valence-corrected chi connectivity index (χ1v) is 11.5. The molecule has 4 rings (SSSR count). The maximum absolute atomic E-state index is 13.0. The smallest absolute Gasteiger partial charge is 0.323 e. The van der Waals surface area contributed by atoms with E-state index in [-0.39, 0.29) is 19.0 Å². The molecular formula is C26H27N5O5. The fourth-order valence-corrected chi connectivity index (χ4v) is 4.29. The van der Waals surface area contributed by atoms with Crippen molar-refractivity contribution in [1.29, 1.82) is 0 Å². The van der Waals surface area contributed by atoms with Crippen LogP contribution in [0.3, 0.4) is 0 Å². The van der Waals surface area contributed by atoms with Gasteiger partial charge in [0.15, 0.2) is 5.84 Å². The van der Waals surface area contributed by atoms with Crippen LogP contribution >= 0.6 is 0 Å². The number of methoxy groups -OCH3 is 1. The van der Waals surface area contributed by atoms with E-state index in [0.29, 0.717) is 28.3 Å². The summed E-state index contributed by atoms with van der Waals surface area (Å²) in [7, 11) is 3.36. The lowest BCUT2D eigenvalue weighted by Gasteiger charge is -2.26. The number of ether oxygens (including phenoxy) is 1. The van der Waals surface area contributed by atoms with E-state index < -0.39 is 17.5 Å². The van der Waals surface area contributed by atoms with Crippen LogP contribution in [0.5, 0.6) is 5.75 Å². The summed E-state index contributed by atoms with van der Waals surface area (Å²) in [6, 6.07) is 11.6. The Morgan fingerprint density at radius 1 is 1.22 bits per heavy atom. The fourth-order valence-electron chi connectivity index (χ4n) is 4.29. The molecule has 0 bridgehead atoms. The van der Waals surface area contributed by atoms with E-state index in [1.165, 1.54) is 12.0 Å². The third-order valence-corrected chi connectivity index (χ3v) is 6.14. The molecule has 1 fully saturated rings. The molecule has 186 valence electrons. The molecule has 0 radical (unpaired) electrons. The molecule has 0 unspecified atom stereocenters. The number of carbonyl (C=O) groups excluding carboxylic acids is 3. The maximum atomic E-state index is 13.0. The highest BCUT2D eigenvalue weighted by molar-refractivity contribution is 6.10. The molecule has 0 spiro atoms. The van der Waals surface area contributed by atoms with Gasteiger partial charge < -0.3 is 25.1 Å². The Morgan fingerprint density at radius 3 is 2.58 bits per heavy atom. The van der Waals surface area contributed by atoms with Crippen LogP contribution in [0.25, 0.3) is 0 Å². The summed E-state index contributed by atoms with van der Waals surface area (Å²) in [6.45, 7) is 2.93. The number of amidine groups is 1. The van der Waals surface area contributed by atoms with E-state index in [1.54, 1.807) is 42.5 Å². The van der Waals surface area contributed by atoms with Crippen molar-refractivity contribution in [3.05, 3.63) is 64.7 Å². The van der Waals surface area contributed by atoms with Gasteiger partial charge in [0, 0.05) is 36.8 Å². The molecule has 2 aliphatic rings. The van der Waals surface area contributed by atoms with Gasteiger partial charge in [0.1, 0.15) is 5.75 Å². The number of benzene rings is 2. The SMILES string of the molecule is CCCN(C)/C(=N\O)c1ccc(C#C[C@]2(CN3Cc4ccc(OC)cc4C3=O)NC(=O)NC2=O)cc1. The third-order valence-electron chi connectivity index (χ3n) is 6.14. The van der Waals surface area contributed by atoms with E-state index >= 15 is 0 Å². The Balaban J connectivity index is 1.58. The zero-order valence-electron chi connectivity index (χ0n) is 20.3. The molecule has 1 saturated heterocycles. The zero-order chi connectivity index (χ0) is 25.9. The van der Waals surface area contributed by atoms with E-state index in [9.17, 15) is 19.6 Å². The van der Waals surface area contributed by atoms with Gasteiger partial charge in [-0.25, -0.2) is 4.79 Å². The highest BCUT2D eigenvalue weighted by Crippen LogP contribution is 2.28. The summed E-state index contributed by atoms with van der Waals surface area (Å²) >= 11 is 0. The number of nitrogens with one attached hydrogen (secondary N) is 2. The molecule has 3 N–H and O–H groups in total. The molecule has 2 heterocycles. The number of hydrogen-bond donors (Lipinski definition) is 3. The number of rotatable bonds is 6. The van der Waals surface area contributed by atoms with Gasteiger partial charge >= 0.3 is 6.03 Å². The number of nitrogens with zero attached hydrogens (tertiary/aromatic N) is 3. The van der Waals surface area contributed by atoms with Crippen LogP contribution in [0.15, 0.2) is 47.6 Å². The standard InChI is InChI=1S/C26H27N5O5/c1-4-13-30(2)22(29-35)18-7-5-17(6-8-18)11-12-26(24(33)27-25(34)28-26)16-31-15-19-9-10-20(36-3)14-21(19)23(31)32/h5-10,14,35H,4,13,15-16H2,1-3H3,(H2,27,28,33,34)/b29-22-/t26-/m1/s1. The number of urea groups is 1. The zero-order valence-corrected chi connectivity index (χ0v) is 20.3. The minimum absolute atomic E-state index is 0.116. The number of imide groups is 1. The summed E-state index contributed by atoms with van der Waals surface area (Å²) in [5.74, 6) is 5.94. The molecule has 1 atom stereocenters. The normalized spacial score (nSPS) is 18.8. The first-order chi connectivity index (χ1) is 17.3. The minimum atomic E-state index is -1.60. The Labute approximate surface area is 208 Å². The van der Waals surface area contributed by atoms with Crippen LogP contribution in [0.2, 0.25) is 0 Å². The lowest BCUT2D eigenvalue weighted by atomic mass is 9.99. The topological polar surface area (TPSA) is 124 Å². The van der Waals surface area contributed by atoms with Crippen LogP contribution in [-0.2, 0) is 11.3 Å². The Morgan fingerprint density at radius 2 is 1.97 bits per heavy atom. The molecule has 0 aromatic heterocycles. The summed E-state index contributed by atoms with van der Waals surface area (Å²) in [4.78, 5) is 41.2. The lowest BCUT2D eigenvalue weighted by molar-refractivity contribution is -0.122. The van der Waals surface area contributed by atoms with Crippen molar-refractivity contribution in [2.75, 3.05) is 27.2 Å². The third kappa shape index (κ3) is 4.68. The van der Waals surface area contributed by atoms with Gasteiger partial charge in [-0.1, -0.05) is 30.0 Å². The van der Waals surface area contributed by atoms with Crippen LogP contribution in [0.4, 0.5) is 4.79 Å². The van der Waals surface area contributed by atoms with E-state index in [1.807, 2.05) is 18.9 Å². The summed E-state index contributed by atoms with van der Waals surface area (Å²) in [6.07, 6.45) is 0.896. The molecular weight excluding hydrogens is 462 g/mol. The van der Waals surface area contributed by atoms with Gasteiger partial charge in [-0.3, -0.25) is 14.9 Å². The Kier molecular flexibility index (Phi) is 6.83. The predicted molar refractivity (Wildman–Crippen MR) is 132 cm³/mol. The average Bonchev–Trinajstić information content (AvgIpc) is 3.33. The summed E-state index contributed by atoms with van der Waals surface area (Å²) in [5.41, 5.74) is 0.988. The van der Waals surface area contributed by atoms with Gasteiger partial charge in [-0.2, -0.15) is 0 Å². The second kappa shape index (κ2) is 10.00. The highest BCUT2D eigenvalue weighted by atomic mass is 16.5. The van der Waals surface area contributed by atoms with Crippen molar-refractivity contribution in [2.24, 2.45) is 5.16 Å². The van der Waals surface area contributed by atoms with Crippen LogP contribution in [-0.4, -0.2) is 71.5 Å². The second-order valence-corrected chi connectivity index (χ2v) is 8.67. The van der Waals surface area contributed by atoms with Crippen LogP contribution in [0, 0.1) is 11.8 Å². The maximum Gasteiger partial charge on any atom is 0.323 e. The second-order valence-electron chi connectivity index (χ2n) is 8.67. The van der Waals surface area contributed by atoms with Crippen molar-refractivity contribution in [2.45, 2.75) is 25.4 Å². The molecule has 36 heavy (non-hydrogen) atoms. The van der Waals surface area contributed by atoms with Gasteiger partial charge in [-0.15, -0.1) is 0 Å². The lowest BCUT2D eigenvalue weighted by Crippen LogP contribution is -2.54. The quantitative estimate of drug-likeness (QED) is 0.142. The van der Waals surface area contributed by atoms with Gasteiger partial charge in [0.25, 0.3) is 11.8 Å². The molecule has 0 aliphatic carbocycles.